The van der Waals surface area contributed by atoms with E-state index >= 15 is 0 Å². The van der Waals surface area contributed by atoms with Crippen molar-refractivity contribution >= 4 is 5.97 Å². The van der Waals surface area contributed by atoms with Crippen molar-refractivity contribution in [3.63, 3.8) is 0 Å². The summed E-state index contributed by atoms with van der Waals surface area (Å²) < 4.78 is 19.8. The number of para-hydroxylation sites is 1. The lowest BCUT2D eigenvalue weighted by atomic mass is 9.90. The molecule has 0 unspecified atom stereocenters. The van der Waals surface area contributed by atoms with E-state index in [1.807, 2.05) is 30.4 Å². The van der Waals surface area contributed by atoms with Gasteiger partial charge in [-0.1, -0.05) is 42.5 Å². The van der Waals surface area contributed by atoms with Crippen molar-refractivity contribution in [2.24, 2.45) is 11.8 Å². The second kappa shape index (κ2) is 11.6. The number of ether oxygens (including phenoxy) is 1. The van der Waals surface area contributed by atoms with Crippen LogP contribution >= 0.6 is 0 Å². The van der Waals surface area contributed by atoms with Crippen molar-refractivity contribution in [2.45, 2.75) is 50.5 Å². The SMILES string of the molecule is O=C(O)CCC/C=C/C[C@@H]1[C@@H](C=C[C@@H](O)COc2ccccc2)[C@H](O)C[C@H]1F. The number of carboxylic acid groups (broad SMARTS) is 1. The molecule has 5 atom stereocenters. The smallest absolute Gasteiger partial charge is 0.303 e. The number of rotatable bonds is 11. The molecule has 6 heteroatoms. The maximum atomic E-state index is 14.3. The van der Waals surface area contributed by atoms with Crippen molar-refractivity contribution in [1.29, 1.82) is 0 Å². The van der Waals surface area contributed by atoms with E-state index in [1.165, 1.54) is 0 Å². The zero-order valence-corrected chi connectivity index (χ0v) is 15.9. The lowest BCUT2D eigenvalue weighted by Gasteiger charge is -2.19. The maximum Gasteiger partial charge on any atom is 0.303 e. The Morgan fingerprint density at radius 2 is 2.04 bits per heavy atom. The summed E-state index contributed by atoms with van der Waals surface area (Å²) in [6.07, 6.45) is 6.08. The highest BCUT2D eigenvalue weighted by Gasteiger charge is 2.40. The molecule has 1 aliphatic carbocycles. The van der Waals surface area contributed by atoms with Gasteiger partial charge >= 0.3 is 5.97 Å². The molecule has 0 spiro atoms. The summed E-state index contributed by atoms with van der Waals surface area (Å²) in [6.45, 7) is 0.0799. The van der Waals surface area contributed by atoms with Gasteiger partial charge in [0.15, 0.2) is 0 Å². The number of hydrogen-bond donors (Lipinski definition) is 3. The molecule has 3 N–H and O–H groups in total. The minimum Gasteiger partial charge on any atom is -0.491 e. The summed E-state index contributed by atoms with van der Waals surface area (Å²) in [5, 5.41) is 28.8. The lowest BCUT2D eigenvalue weighted by Crippen LogP contribution is -2.20. The topological polar surface area (TPSA) is 87.0 Å². The molecule has 0 amide bonds. The van der Waals surface area contributed by atoms with Crippen LogP contribution in [0.25, 0.3) is 0 Å². The van der Waals surface area contributed by atoms with Gasteiger partial charge in [-0.25, -0.2) is 4.39 Å². The van der Waals surface area contributed by atoms with Crippen molar-refractivity contribution < 1.29 is 29.2 Å². The lowest BCUT2D eigenvalue weighted by molar-refractivity contribution is -0.137. The summed E-state index contributed by atoms with van der Waals surface area (Å²) in [6, 6.07) is 9.15. The van der Waals surface area contributed by atoms with E-state index in [2.05, 4.69) is 0 Å². The fourth-order valence-electron chi connectivity index (χ4n) is 3.42. The maximum absolute atomic E-state index is 14.3. The molecule has 1 saturated carbocycles. The Hall–Kier alpha value is -2.18. The van der Waals surface area contributed by atoms with E-state index in [0.717, 1.165) is 0 Å². The molecule has 0 heterocycles. The van der Waals surface area contributed by atoms with E-state index in [4.69, 9.17) is 9.84 Å². The molecule has 1 aliphatic rings. The first kappa shape index (κ1) is 22.1. The minimum absolute atomic E-state index is 0.0799. The monoisotopic (exact) mass is 392 g/mol. The number of allylic oxidation sites excluding steroid dienone is 2. The third kappa shape index (κ3) is 7.44. The van der Waals surface area contributed by atoms with Gasteiger partial charge in [-0.05, 0) is 31.4 Å². The number of aliphatic hydroxyl groups is 2. The van der Waals surface area contributed by atoms with Gasteiger partial charge in [0.1, 0.15) is 24.6 Å². The van der Waals surface area contributed by atoms with Gasteiger partial charge in [0.2, 0.25) is 0 Å². The van der Waals surface area contributed by atoms with E-state index in [1.54, 1.807) is 24.3 Å². The number of hydrogen-bond acceptors (Lipinski definition) is 4. The average molecular weight is 392 g/mol. The molecule has 0 aromatic heterocycles. The Bertz CT molecular complexity index is 646. The van der Waals surface area contributed by atoms with Crippen LogP contribution in [0.2, 0.25) is 0 Å². The molecule has 1 fully saturated rings. The Labute approximate surface area is 165 Å². The molecule has 154 valence electrons. The number of carbonyl (C=O) groups is 1. The van der Waals surface area contributed by atoms with Crippen molar-refractivity contribution in [2.75, 3.05) is 6.61 Å². The average Bonchev–Trinajstić information content (AvgIpc) is 2.94. The second-order valence-corrected chi connectivity index (χ2v) is 7.13. The summed E-state index contributed by atoms with van der Waals surface area (Å²) >= 11 is 0. The summed E-state index contributed by atoms with van der Waals surface area (Å²) in [5.41, 5.74) is 0. The van der Waals surface area contributed by atoms with Gasteiger partial charge in [0.05, 0.1) is 6.10 Å². The van der Waals surface area contributed by atoms with Gasteiger partial charge in [0.25, 0.3) is 0 Å². The molecule has 0 bridgehead atoms. The van der Waals surface area contributed by atoms with Crippen LogP contribution in [-0.2, 0) is 4.79 Å². The molecular weight excluding hydrogens is 363 g/mol. The van der Waals surface area contributed by atoms with E-state index < -0.39 is 24.3 Å². The zero-order chi connectivity index (χ0) is 20.4. The van der Waals surface area contributed by atoms with Crippen molar-refractivity contribution in [3.8, 4) is 5.75 Å². The second-order valence-electron chi connectivity index (χ2n) is 7.13. The Morgan fingerprint density at radius 1 is 1.29 bits per heavy atom. The summed E-state index contributed by atoms with van der Waals surface area (Å²) in [5.74, 6) is -0.893. The predicted octanol–water partition coefficient (Wildman–Crippen LogP) is 3.52. The predicted molar refractivity (Wildman–Crippen MR) is 105 cm³/mol. The highest BCUT2D eigenvalue weighted by Crippen LogP contribution is 2.38. The Balaban J connectivity index is 1.82. The number of alkyl halides is 1. The molecule has 2 rings (SSSR count). The van der Waals surface area contributed by atoms with Crippen LogP contribution in [0.4, 0.5) is 4.39 Å². The van der Waals surface area contributed by atoms with Gasteiger partial charge in [0, 0.05) is 24.7 Å². The van der Waals surface area contributed by atoms with E-state index in [9.17, 15) is 19.4 Å². The number of aliphatic carboxylic acids is 1. The molecule has 1 aromatic rings. The van der Waals surface area contributed by atoms with Crippen LogP contribution in [0.15, 0.2) is 54.6 Å². The Kier molecular flexibility index (Phi) is 9.17. The van der Waals surface area contributed by atoms with Crippen LogP contribution < -0.4 is 4.74 Å². The highest BCUT2D eigenvalue weighted by molar-refractivity contribution is 5.66. The molecule has 0 aliphatic heterocycles. The summed E-state index contributed by atoms with van der Waals surface area (Å²) in [4.78, 5) is 10.5. The number of benzene rings is 1. The zero-order valence-electron chi connectivity index (χ0n) is 15.9. The summed E-state index contributed by atoms with van der Waals surface area (Å²) in [7, 11) is 0. The molecule has 0 radical (unpaired) electrons. The number of unbranched alkanes of at least 4 members (excludes halogenated alkanes) is 1. The number of halogens is 1. The van der Waals surface area contributed by atoms with Gasteiger partial charge in [-0.3, -0.25) is 4.79 Å². The van der Waals surface area contributed by atoms with E-state index in [0.29, 0.717) is 25.0 Å². The van der Waals surface area contributed by atoms with Crippen molar-refractivity contribution in [3.05, 3.63) is 54.6 Å². The first-order chi connectivity index (χ1) is 13.5. The number of aliphatic hydroxyl groups excluding tert-OH is 2. The Morgan fingerprint density at radius 3 is 2.75 bits per heavy atom. The van der Waals surface area contributed by atoms with Crippen LogP contribution in [0.3, 0.4) is 0 Å². The highest BCUT2D eigenvalue weighted by atomic mass is 19.1. The van der Waals surface area contributed by atoms with Gasteiger partial charge in [-0.15, -0.1) is 0 Å². The van der Waals surface area contributed by atoms with Crippen LogP contribution in [0.1, 0.15) is 32.1 Å². The molecule has 0 saturated heterocycles. The molecule has 5 nitrogen and oxygen atoms in total. The van der Waals surface area contributed by atoms with Crippen LogP contribution in [0.5, 0.6) is 5.75 Å². The molecule has 1 aromatic carbocycles. The third-order valence-electron chi connectivity index (χ3n) is 4.93. The number of carboxylic acids is 1. The normalized spacial score (nSPS) is 26.1. The standard InChI is InChI=1S/C22H29FO5/c23-20-14-21(25)19(18(20)10-6-1-2-7-11-22(26)27)13-12-16(24)15-28-17-8-4-3-5-9-17/h1,3-6,8-9,12-13,16,18-21,24-25H,2,7,10-11,14-15H2,(H,26,27)/b6-1+,13-12?/t16-,18-,19-,20-,21-/m1/s1. The third-order valence-corrected chi connectivity index (χ3v) is 4.93. The quantitative estimate of drug-likeness (QED) is 0.396. The van der Waals surface area contributed by atoms with Gasteiger partial charge < -0.3 is 20.1 Å². The van der Waals surface area contributed by atoms with Crippen molar-refractivity contribution in [1.82, 2.24) is 0 Å². The largest absolute Gasteiger partial charge is 0.491 e. The van der Waals surface area contributed by atoms with E-state index in [-0.39, 0.29) is 31.3 Å². The first-order valence-electron chi connectivity index (χ1n) is 9.70. The van der Waals surface area contributed by atoms with Crippen LogP contribution in [0, 0.1) is 11.8 Å². The molecular formula is C22H29FO5. The fraction of sp³-hybridized carbons (Fsp3) is 0.500. The minimum atomic E-state index is -1.11. The fourth-order valence-corrected chi connectivity index (χ4v) is 3.42. The van der Waals surface area contributed by atoms with Crippen LogP contribution in [-0.4, -0.2) is 46.3 Å². The molecule has 28 heavy (non-hydrogen) atoms. The first-order valence-corrected chi connectivity index (χ1v) is 9.70. The van der Waals surface area contributed by atoms with Gasteiger partial charge in [-0.2, -0.15) is 0 Å².